The molecular formula is C18H25N3O3S. The largest absolute Gasteiger partial charge is 0.365 e. The summed E-state index contributed by atoms with van der Waals surface area (Å²) < 4.78 is 23.3. The molecule has 0 spiro atoms. The standard InChI is InChI=1S/C18H25N3O3S/c1-19(15-8-11-25(23,24)13-15)12-18(22)21-10-9-20(14-6-7-14)16-4-2-3-5-17(16)21/h2-5,14-15H,6-13H2,1H3. The van der Waals surface area contributed by atoms with Crippen LogP contribution in [0.15, 0.2) is 24.3 Å². The van der Waals surface area contributed by atoms with Gasteiger partial charge in [0.25, 0.3) is 0 Å². The van der Waals surface area contributed by atoms with Crippen molar-refractivity contribution in [2.75, 3.05) is 48.0 Å². The fourth-order valence-electron chi connectivity index (χ4n) is 3.96. The van der Waals surface area contributed by atoms with Gasteiger partial charge in [-0.1, -0.05) is 12.1 Å². The van der Waals surface area contributed by atoms with E-state index >= 15 is 0 Å². The summed E-state index contributed by atoms with van der Waals surface area (Å²) in [7, 11) is -1.08. The highest BCUT2D eigenvalue weighted by Crippen LogP contribution is 2.39. The Balaban J connectivity index is 1.48. The van der Waals surface area contributed by atoms with Crippen molar-refractivity contribution in [2.45, 2.75) is 31.3 Å². The topological polar surface area (TPSA) is 60.9 Å². The van der Waals surface area contributed by atoms with Crippen LogP contribution in [0.3, 0.4) is 0 Å². The van der Waals surface area contributed by atoms with Crippen LogP contribution in [0.1, 0.15) is 19.3 Å². The highest BCUT2D eigenvalue weighted by molar-refractivity contribution is 7.91. The van der Waals surface area contributed by atoms with Gasteiger partial charge in [-0.15, -0.1) is 0 Å². The molecule has 7 heteroatoms. The molecule has 1 aliphatic carbocycles. The number of benzene rings is 1. The van der Waals surface area contributed by atoms with Gasteiger partial charge < -0.3 is 9.80 Å². The van der Waals surface area contributed by atoms with E-state index in [4.69, 9.17) is 0 Å². The van der Waals surface area contributed by atoms with Gasteiger partial charge >= 0.3 is 0 Å². The summed E-state index contributed by atoms with van der Waals surface area (Å²) in [5, 5.41) is 0. The molecule has 2 aliphatic heterocycles. The highest BCUT2D eigenvalue weighted by Gasteiger charge is 2.36. The Morgan fingerprint density at radius 3 is 2.52 bits per heavy atom. The number of carbonyl (C=O) groups excluding carboxylic acids is 1. The first-order valence-corrected chi connectivity index (χ1v) is 10.8. The Morgan fingerprint density at radius 1 is 1.16 bits per heavy atom. The summed E-state index contributed by atoms with van der Waals surface area (Å²) in [5.74, 6) is 0.455. The average molecular weight is 363 g/mol. The first kappa shape index (κ1) is 16.8. The van der Waals surface area contributed by atoms with E-state index in [2.05, 4.69) is 11.0 Å². The van der Waals surface area contributed by atoms with Gasteiger partial charge in [-0.25, -0.2) is 8.42 Å². The van der Waals surface area contributed by atoms with Crippen LogP contribution >= 0.6 is 0 Å². The number of rotatable bonds is 4. The molecule has 1 atom stereocenters. The second kappa shape index (κ2) is 6.29. The number of likely N-dealkylation sites (N-methyl/N-ethyl adjacent to an activating group) is 1. The number of sulfone groups is 1. The molecule has 1 saturated heterocycles. The minimum Gasteiger partial charge on any atom is -0.365 e. The molecule has 2 heterocycles. The smallest absolute Gasteiger partial charge is 0.241 e. The molecular weight excluding hydrogens is 338 g/mol. The van der Waals surface area contributed by atoms with Crippen molar-refractivity contribution in [3.63, 3.8) is 0 Å². The molecule has 1 saturated carbocycles. The van der Waals surface area contributed by atoms with Crippen molar-refractivity contribution < 1.29 is 13.2 Å². The molecule has 25 heavy (non-hydrogen) atoms. The van der Waals surface area contributed by atoms with Gasteiger partial charge in [-0.3, -0.25) is 9.69 Å². The average Bonchev–Trinajstić information content (AvgIpc) is 3.36. The number of amides is 1. The van der Waals surface area contributed by atoms with Gasteiger partial charge in [0.2, 0.25) is 5.91 Å². The molecule has 0 aromatic heterocycles. The van der Waals surface area contributed by atoms with Crippen molar-refractivity contribution in [3.05, 3.63) is 24.3 Å². The Labute approximate surface area is 149 Å². The quantitative estimate of drug-likeness (QED) is 0.802. The molecule has 136 valence electrons. The lowest BCUT2D eigenvalue weighted by molar-refractivity contribution is -0.119. The Bertz CT molecular complexity index is 776. The molecule has 1 unspecified atom stereocenters. The predicted octanol–water partition coefficient (Wildman–Crippen LogP) is 1.12. The number of anilines is 2. The zero-order valence-electron chi connectivity index (χ0n) is 14.6. The third-order valence-corrected chi connectivity index (χ3v) is 7.30. The fourth-order valence-corrected chi connectivity index (χ4v) is 5.76. The van der Waals surface area contributed by atoms with E-state index < -0.39 is 9.84 Å². The van der Waals surface area contributed by atoms with Gasteiger partial charge in [-0.2, -0.15) is 0 Å². The van der Waals surface area contributed by atoms with Crippen LogP contribution < -0.4 is 9.80 Å². The summed E-state index contributed by atoms with van der Waals surface area (Å²) in [4.78, 5) is 19.1. The van der Waals surface area contributed by atoms with Gasteiger partial charge in [0.1, 0.15) is 0 Å². The first-order chi connectivity index (χ1) is 11.9. The lowest BCUT2D eigenvalue weighted by Gasteiger charge is -2.38. The van der Waals surface area contributed by atoms with Gasteiger partial charge in [-0.05, 0) is 38.4 Å². The highest BCUT2D eigenvalue weighted by atomic mass is 32.2. The van der Waals surface area contributed by atoms with Crippen LogP contribution in [0.4, 0.5) is 11.4 Å². The maximum atomic E-state index is 12.9. The number of carbonyl (C=O) groups is 1. The Hall–Kier alpha value is -1.60. The summed E-state index contributed by atoms with van der Waals surface area (Å²) in [5.41, 5.74) is 2.13. The molecule has 0 radical (unpaired) electrons. The molecule has 2 fully saturated rings. The third kappa shape index (κ3) is 3.40. The minimum absolute atomic E-state index is 0.0445. The van der Waals surface area contributed by atoms with E-state index in [1.54, 1.807) is 0 Å². The molecule has 6 nitrogen and oxygen atoms in total. The maximum Gasteiger partial charge on any atom is 0.241 e. The molecule has 1 amide bonds. The lowest BCUT2D eigenvalue weighted by atomic mass is 10.1. The van der Waals surface area contributed by atoms with E-state index in [9.17, 15) is 13.2 Å². The lowest BCUT2D eigenvalue weighted by Crippen LogP contribution is -2.49. The van der Waals surface area contributed by atoms with Crippen LogP contribution in [-0.2, 0) is 14.6 Å². The van der Waals surface area contributed by atoms with Gasteiger partial charge in [0.15, 0.2) is 9.84 Å². The Kier molecular flexibility index (Phi) is 4.24. The van der Waals surface area contributed by atoms with Crippen molar-refractivity contribution >= 4 is 27.1 Å². The fraction of sp³-hybridized carbons (Fsp3) is 0.611. The van der Waals surface area contributed by atoms with Crippen molar-refractivity contribution in [2.24, 2.45) is 0 Å². The van der Waals surface area contributed by atoms with Gasteiger partial charge in [0, 0.05) is 25.2 Å². The van der Waals surface area contributed by atoms with E-state index in [1.165, 1.54) is 12.8 Å². The van der Waals surface area contributed by atoms with E-state index in [0.717, 1.165) is 17.9 Å². The van der Waals surface area contributed by atoms with Crippen LogP contribution in [0, 0.1) is 0 Å². The third-order valence-electron chi connectivity index (χ3n) is 5.55. The summed E-state index contributed by atoms with van der Waals surface area (Å²) >= 11 is 0. The minimum atomic E-state index is -2.93. The summed E-state index contributed by atoms with van der Waals surface area (Å²) in [6.07, 6.45) is 3.10. The molecule has 1 aromatic carbocycles. The SMILES string of the molecule is CN(CC(=O)N1CCN(C2CC2)c2ccccc21)C1CCS(=O)(=O)C1. The van der Waals surface area contributed by atoms with Crippen LogP contribution in [-0.4, -0.2) is 69.5 Å². The van der Waals surface area contributed by atoms with Gasteiger partial charge in [0.05, 0.1) is 29.4 Å². The number of fused-ring (bicyclic) bond motifs is 1. The normalized spacial score (nSPS) is 25.3. The van der Waals surface area contributed by atoms with Crippen LogP contribution in [0.2, 0.25) is 0 Å². The van der Waals surface area contributed by atoms with Crippen LogP contribution in [0.25, 0.3) is 0 Å². The molecule has 1 aromatic rings. The number of nitrogens with zero attached hydrogens (tertiary/aromatic N) is 3. The van der Waals surface area contributed by atoms with Crippen molar-refractivity contribution in [3.8, 4) is 0 Å². The van der Waals surface area contributed by atoms with Crippen LogP contribution in [0.5, 0.6) is 0 Å². The summed E-state index contributed by atoms with van der Waals surface area (Å²) in [6, 6.07) is 8.70. The molecule has 0 N–H and O–H groups in total. The second-order valence-corrected chi connectivity index (χ2v) is 9.66. The van der Waals surface area contributed by atoms with E-state index in [1.807, 2.05) is 35.0 Å². The molecule has 3 aliphatic rings. The van der Waals surface area contributed by atoms with Crippen molar-refractivity contribution in [1.29, 1.82) is 0 Å². The number of hydrogen-bond acceptors (Lipinski definition) is 5. The monoisotopic (exact) mass is 363 g/mol. The second-order valence-electron chi connectivity index (χ2n) is 7.43. The van der Waals surface area contributed by atoms with E-state index in [-0.39, 0.29) is 30.0 Å². The first-order valence-electron chi connectivity index (χ1n) is 9.01. The Morgan fingerprint density at radius 2 is 1.88 bits per heavy atom. The van der Waals surface area contributed by atoms with Crippen molar-refractivity contribution in [1.82, 2.24) is 4.90 Å². The van der Waals surface area contributed by atoms with E-state index in [0.29, 0.717) is 19.0 Å². The number of para-hydroxylation sites is 2. The zero-order chi connectivity index (χ0) is 17.6. The zero-order valence-corrected chi connectivity index (χ0v) is 15.4. The molecule has 0 bridgehead atoms. The summed E-state index contributed by atoms with van der Waals surface area (Å²) in [6.45, 7) is 1.83. The number of hydrogen-bond donors (Lipinski definition) is 0. The predicted molar refractivity (Wildman–Crippen MR) is 98.9 cm³/mol. The molecule has 4 rings (SSSR count). The maximum absolute atomic E-state index is 12.9.